The summed E-state index contributed by atoms with van der Waals surface area (Å²) in [6, 6.07) is 2.46. The lowest BCUT2D eigenvalue weighted by Gasteiger charge is -2.39. The molecule has 1 spiro atoms. The third-order valence-electron chi connectivity index (χ3n) is 6.90. The zero-order chi connectivity index (χ0) is 24.0. The molecule has 5 rings (SSSR count). The number of carbonyl (C=O) groups excluding carboxylic acids is 2. The van der Waals surface area contributed by atoms with Crippen LogP contribution in [0.2, 0.25) is 0 Å². The minimum absolute atomic E-state index is 0.0901. The molecule has 1 aromatic carbocycles. The lowest BCUT2D eigenvalue weighted by molar-refractivity contribution is 0.0556. The molecule has 7 nitrogen and oxygen atoms in total. The molecule has 0 bridgehead atoms. The molecule has 2 aliphatic heterocycles. The number of aromatic nitrogens is 3. The molecule has 0 atom stereocenters. The smallest absolute Gasteiger partial charge is 0.273 e. The van der Waals surface area contributed by atoms with Crippen LogP contribution in [-0.4, -0.2) is 62.4 Å². The van der Waals surface area contributed by atoms with Crippen LogP contribution in [0.1, 0.15) is 51.4 Å². The SMILES string of the molecule is Cc1ccc(F)c(C(=O)N2CCC3(CCN(C(=O)c4csc(-c5snnc5C)n4)C3)CC2)c1F. The Hall–Kier alpha value is -2.79. The van der Waals surface area contributed by atoms with E-state index in [1.165, 1.54) is 40.8 Å². The van der Waals surface area contributed by atoms with Crippen molar-refractivity contribution in [3.8, 4) is 9.88 Å². The van der Waals surface area contributed by atoms with Crippen molar-refractivity contribution in [3.05, 3.63) is 51.7 Å². The molecule has 0 aliphatic carbocycles. The van der Waals surface area contributed by atoms with E-state index in [1.54, 1.807) is 5.38 Å². The quantitative estimate of drug-likeness (QED) is 0.532. The van der Waals surface area contributed by atoms with Gasteiger partial charge in [-0.25, -0.2) is 13.8 Å². The Labute approximate surface area is 203 Å². The van der Waals surface area contributed by atoms with Gasteiger partial charge < -0.3 is 9.80 Å². The number of carbonyl (C=O) groups is 2. The molecule has 0 saturated carbocycles. The standard InChI is InChI=1S/C23H23F2N5O2S2/c1-13-3-4-15(24)17(18(13)25)22(32)29-8-5-23(6-9-29)7-10-30(12-23)21(31)16-11-33-20(26-16)19-14(2)27-28-34-19/h3-4,11H,5-10,12H2,1-2H3. The lowest BCUT2D eigenvalue weighted by atomic mass is 9.77. The van der Waals surface area contributed by atoms with E-state index in [-0.39, 0.29) is 16.9 Å². The number of rotatable bonds is 3. The summed E-state index contributed by atoms with van der Waals surface area (Å²) in [7, 11) is 0. The first-order valence-electron chi connectivity index (χ1n) is 11.1. The number of piperidine rings is 1. The monoisotopic (exact) mass is 503 g/mol. The highest BCUT2D eigenvalue weighted by Crippen LogP contribution is 2.41. The molecule has 11 heteroatoms. The Morgan fingerprint density at radius 3 is 2.41 bits per heavy atom. The first-order chi connectivity index (χ1) is 16.3. The number of nitrogens with zero attached hydrogens (tertiary/aromatic N) is 5. The van der Waals surface area contributed by atoms with E-state index in [1.807, 2.05) is 11.8 Å². The maximum Gasteiger partial charge on any atom is 0.273 e. The molecule has 34 heavy (non-hydrogen) atoms. The van der Waals surface area contributed by atoms with Crippen LogP contribution < -0.4 is 0 Å². The maximum absolute atomic E-state index is 14.4. The lowest BCUT2D eigenvalue weighted by Crippen LogP contribution is -2.45. The number of hydrogen-bond acceptors (Lipinski definition) is 7. The van der Waals surface area contributed by atoms with Gasteiger partial charge in [-0.05, 0) is 61.7 Å². The number of benzene rings is 1. The first-order valence-corrected chi connectivity index (χ1v) is 12.7. The van der Waals surface area contributed by atoms with Crippen LogP contribution in [-0.2, 0) is 0 Å². The average molecular weight is 504 g/mol. The van der Waals surface area contributed by atoms with Gasteiger partial charge in [0.15, 0.2) is 0 Å². The van der Waals surface area contributed by atoms with Gasteiger partial charge in [0.1, 0.15) is 32.8 Å². The van der Waals surface area contributed by atoms with E-state index >= 15 is 0 Å². The average Bonchev–Trinajstić information content (AvgIpc) is 3.57. The van der Waals surface area contributed by atoms with Crippen LogP contribution in [0.4, 0.5) is 8.78 Å². The molecule has 2 saturated heterocycles. The van der Waals surface area contributed by atoms with Crippen LogP contribution >= 0.6 is 22.9 Å². The van der Waals surface area contributed by atoms with Gasteiger partial charge >= 0.3 is 0 Å². The van der Waals surface area contributed by atoms with Gasteiger partial charge in [-0.15, -0.1) is 16.4 Å². The number of thiazole rings is 1. The van der Waals surface area contributed by atoms with E-state index in [9.17, 15) is 18.4 Å². The molecular formula is C23H23F2N5O2S2. The highest BCUT2D eigenvalue weighted by Gasteiger charge is 2.43. The summed E-state index contributed by atoms with van der Waals surface area (Å²) in [6.45, 7) is 5.42. The van der Waals surface area contributed by atoms with E-state index in [2.05, 4.69) is 14.6 Å². The summed E-state index contributed by atoms with van der Waals surface area (Å²) in [5.41, 5.74) is 0.890. The van der Waals surface area contributed by atoms with Gasteiger partial charge in [0.2, 0.25) is 0 Å². The largest absolute Gasteiger partial charge is 0.338 e. The summed E-state index contributed by atoms with van der Waals surface area (Å²) in [4.78, 5) is 34.7. The van der Waals surface area contributed by atoms with Gasteiger partial charge in [-0.1, -0.05) is 10.6 Å². The van der Waals surface area contributed by atoms with E-state index < -0.39 is 23.1 Å². The summed E-state index contributed by atoms with van der Waals surface area (Å²) in [5, 5.41) is 6.52. The third kappa shape index (κ3) is 4.00. The molecule has 2 amide bonds. The number of hydrogen-bond donors (Lipinski definition) is 0. The predicted octanol–water partition coefficient (Wildman–Crippen LogP) is 4.33. The van der Waals surface area contributed by atoms with Crippen molar-refractivity contribution in [2.45, 2.75) is 33.1 Å². The minimum Gasteiger partial charge on any atom is -0.338 e. The van der Waals surface area contributed by atoms with Crippen LogP contribution in [0.15, 0.2) is 17.5 Å². The number of amides is 2. The molecule has 0 N–H and O–H groups in total. The fraction of sp³-hybridized carbons (Fsp3) is 0.435. The first kappa shape index (κ1) is 23.0. The maximum atomic E-state index is 14.4. The van der Waals surface area contributed by atoms with E-state index in [0.29, 0.717) is 44.7 Å². The Morgan fingerprint density at radius 2 is 1.74 bits per heavy atom. The van der Waals surface area contributed by atoms with Gasteiger partial charge in [-0.2, -0.15) is 0 Å². The topological polar surface area (TPSA) is 79.3 Å². The molecule has 178 valence electrons. The molecule has 3 aromatic rings. The highest BCUT2D eigenvalue weighted by molar-refractivity contribution is 7.18. The summed E-state index contributed by atoms with van der Waals surface area (Å²) >= 11 is 2.67. The molecule has 4 heterocycles. The van der Waals surface area contributed by atoms with Crippen molar-refractivity contribution in [2.75, 3.05) is 26.2 Å². The normalized spacial score (nSPS) is 17.5. The van der Waals surface area contributed by atoms with Gasteiger partial charge in [-0.3, -0.25) is 9.59 Å². The van der Waals surface area contributed by atoms with Crippen LogP contribution in [0.5, 0.6) is 0 Å². The zero-order valence-corrected chi connectivity index (χ0v) is 20.4. The van der Waals surface area contributed by atoms with Crippen molar-refractivity contribution in [2.24, 2.45) is 5.41 Å². The van der Waals surface area contributed by atoms with Crippen molar-refractivity contribution in [3.63, 3.8) is 0 Å². The number of aryl methyl sites for hydroxylation is 2. The Bertz CT molecular complexity index is 1270. The van der Waals surface area contributed by atoms with Gasteiger partial charge in [0.05, 0.1) is 5.69 Å². The molecule has 2 aromatic heterocycles. The van der Waals surface area contributed by atoms with Crippen LogP contribution in [0, 0.1) is 30.9 Å². The van der Waals surface area contributed by atoms with Crippen molar-refractivity contribution in [1.29, 1.82) is 0 Å². The zero-order valence-electron chi connectivity index (χ0n) is 18.8. The molecule has 2 aliphatic rings. The van der Waals surface area contributed by atoms with Gasteiger partial charge in [0.25, 0.3) is 11.8 Å². The Morgan fingerprint density at radius 1 is 1.03 bits per heavy atom. The van der Waals surface area contributed by atoms with Crippen molar-refractivity contribution in [1.82, 2.24) is 24.4 Å². The summed E-state index contributed by atoms with van der Waals surface area (Å²) in [5.74, 6) is -2.34. The number of halogens is 2. The summed E-state index contributed by atoms with van der Waals surface area (Å²) in [6.07, 6.45) is 2.21. The van der Waals surface area contributed by atoms with Crippen molar-refractivity contribution >= 4 is 34.7 Å². The minimum atomic E-state index is -0.835. The second-order valence-electron chi connectivity index (χ2n) is 9.05. The fourth-order valence-corrected chi connectivity index (χ4v) is 6.36. The van der Waals surface area contributed by atoms with Crippen LogP contribution in [0.3, 0.4) is 0 Å². The molecule has 2 fully saturated rings. The van der Waals surface area contributed by atoms with E-state index in [0.717, 1.165) is 28.1 Å². The fourth-order valence-electron chi connectivity index (χ4n) is 4.78. The van der Waals surface area contributed by atoms with Crippen molar-refractivity contribution < 1.29 is 18.4 Å². The third-order valence-corrected chi connectivity index (χ3v) is 8.73. The molecular weight excluding hydrogens is 480 g/mol. The Kier molecular flexibility index (Phi) is 5.93. The van der Waals surface area contributed by atoms with E-state index in [4.69, 9.17) is 0 Å². The molecule has 0 unspecified atom stereocenters. The second-order valence-corrected chi connectivity index (χ2v) is 10.7. The number of likely N-dealkylation sites (tertiary alicyclic amines) is 2. The molecule has 0 radical (unpaired) electrons. The predicted molar refractivity (Wildman–Crippen MR) is 125 cm³/mol. The Balaban J connectivity index is 1.23. The highest BCUT2D eigenvalue weighted by atomic mass is 32.1. The summed E-state index contributed by atoms with van der Waals surface area (Å²) < 4.78 is 32.6. The van der Waals surface area contributed by atoms with Crippen LogP contribution in [0.25, 0.3) is 9.88 Å². The second kappa shape index (κ2) is 8.77. The van der Waals surface area contributed by atoms with Gasteiger partial charge in [0, 0.05) is 31.6 Å².